The van der Waals surface area contributed by atoms with E-state index in [1.165, 1.54) is 11.3 Å². The average molecular weight is 417 g/mol. The van der Waals surface area contributed by atoms with Gasteiger partial charge in [-0.15, -0.1) is 11.3 Å². The van der Waals surface area contributed by atoms with Crippen molar-refractivity contribution < 1.29 is 27.8 Å². The average Bonchev–Trinajstić information content (AvgIpc) is 3.14. The van der Waals surface area contributed by atoms with Gasteiger partial charge in [0.25, 0.3) is 5.91 Å². The number of halogens is 2. The Bertz CT molecular complexity index is 1050. The largest absolute Gasteiger partial charge is 0.492 e. The van der Waals surface area contributed by atoms with Crippen LogP contribution in [0.4, 0.5) is 14.5 Å². The Hall–Kier alpha value is -3.26. The van der Waals surface area contributed by atoms with Gasteiger partial charge in [-0.25, -0.2) is 13.6 Å². The van der Waals surface area contributed by atoms with Gasteiger partial charge < -0.3 is 14.8 Å². The molecule has 3 rings (SSSR count). The SMILES string of the molecule is CCOc1cc(-c2ccccc2)sc1C(=O)Nc1cc(C(=O)OC)c(F)cc1F. The van der Waals surface area contributed by atoms with Crippen LogP contribution in [0.5, 0.6) is 5.75 Å². The molecule has 3 aromatic rings. The monoisotopic (exact) mass is 417 g/mol. The van der Waals surface area contributed by atoms with E-state index in [4.69, 9.17) is 4.74 Å². The molecular formula is C21H17F2NO4S. The number of ether oxygens (including phenoxy) is 2. The van der Waals surface area contributed by atoms with E-state index in [-0.39, 0.29) is 10.6 Å². The van der Waals surface area contributed by atoms with Crippen LogP contribution in [0, 0.1) is 11.6 Å². The lowest BCUT2D eigenvalue weighted by molar-refractivity contribution is 0.0595. The Morgan fingerprint density at radius 1 is 1.07 bits per heavy atom. The quantitative estimate of drug-likeness (QED) is 0.565. The highest BCUT2D eigenvalue weighted by Gasteiger charge is 2.22. The predicted octanol–water partition coefficient (Wildman–Crippen LogP) is 5.13. The van der Waals surface area contributed by atoms with Crippen LogP contribution in [-0.2, 0) is 4.74 Å². The van der Waals surface area contributed by atoms with E-state index in [0.717, 1.165) is 23.6 Å². The number of amides is 1. The molecule has 0 spiro atoms. The van der Waals surface area contributed by atoms with Gasteiger partial charge in [-0.05, 0) is 24.6 Å². The van der Waals surface area contributed by atoms with Crippen molar-refractivity contribution in [1.29, 1.82) is 0 Å². The van der Waals surface area contributed by atoms with Gasteiger partial charge in [-0.1, -0.05) is 30.3 Å². The van der Waals surface area contributed by atoms with Crippen LogP contribution in [0.1, 0.15) is 27.0 Å². The molecule has 0 radical (unpaired) electrons. The molecule has 0 unspecified atom stereocenters. The van der Waals surface area contributed by atoms with Crippen LogP contribution >= 0.6 is 11.3 Å². The lowest BCUT2D eigenvalue weighted by atomic mass is 10.1. The smallest absolute Gasteiger partial charge is 0.340 e. The zero-order valence-electron chi connectivity index (χ0n) is 15.6. The number of thiophene rings is 1. The van der Waals surface area contributed by atoms with E-state index in [0.29, 0.717) is 18.4 Å². The van der Waals surface area contributed by atoms with Crippen molar-refractivity contribution >= 4 is 28.9 Å². The second-order valence-corrected chi connectivity index (χ2v) is 6.91. The Labute approximate surface area is 169 Å². The van der Waals surface area contributed by atoms with Crippen LogP contribution in [0.3, 0.4) is 0 Å². The molecule has 0 fully saturated rings. The van der Waals surface area contributed by atoms with Crippen molar-refractivity contribution in [2.45, 2.75) is 6.92 Å². The first-order valence-electron chi connectivity index (χ1n) is 8.65. The van der Waals surface area contributed by atoms with Crippen molar-refractivity contribution in [2.24, 2.45) is 0 Å². The Kier molecular flexibility index (Phi) is 6.23. The number of methoxy groups -OCH3 is 1. The van der Waals surface area contributed by atoms with Gasteiger partial charge in [0.15, 0.2) is 0 Å². The van der Waals surface area contributed by atoms with Crippen LogP contribution in [0.15, 0.2) is 48.5 Å². The third kappa shape index (κ3) is 4.43. The molecule has 0 aliphatic carbocycles. The van der Waals surface area contributed by atoms with Crippen molar-refractivity contribution in [3.05, 3.63) is 70.6 Å². The van der Waals surface area contributed by atoms with E-state index in [2.05, 4.69) is 10.1 Å². The number of hydrogen-bond donors (Lipinski definition) is 1. The summed E-state index contributed by atoms with van der Waals surface area (Å²) in [5.74, 6) is -3.35. The summed E-state index contributed by atoms with van der Waals surface area (Å²) in [5.41, 5.74) is 0.0812. The number of rotatable bonds is 6. The number of nitrogens with one attached hydrogen (secondary N) is 1. The summed E-state index contributed by atoms with van der Waals surface area (Å²) >= 11 is 1.18. The lowest BCUT2D eigenvalue weighted by Crippen LogP contribution is -2.14. The zero-order chi connectivity index (χ0) is 21.0. The summed E-state index contributed by atoms with van der Waals surface area (Å²) in [5, 5.41) is 2.38. The number of anilines is 1. The molecule has 8 heteroatoms. The molecule has 1 N–H and O–H groups in total. The zero-order valence-corrected chi connectivity index (χ0v) is 16.4. The first-order valence-corrected chi connectivity index (χ1v) is 9.47. The standard InChI is InChI=1S/C21H17F2NO4S/c1-3-28-17-11-18(12-7-5-4-6-8-12)29-19(17)20(25)24-16-9-13(21(26)27-2)14(22)10-15(16)23/h4-11H,3H2,1-2H3,(H,24,25). The molecule has 5 nitrogen and oxygen atoms in total. The molecular weight excluding hydrogens is 400 g/mol. The third-order valence-electron chi connectivity index (χ3n) is 3.97. The van der Waals surface area contributed by atoms with E-state index in [1.54, 1.807) is 13.0 Å². The summed E-state index contributed by atoms with van der Waals surface area (Å²) < 4.78 is 38.0. The maximum Gasteiger partial charge on any atom is 0.340 e. The number of carbonyl (C=O) groups excluding carboxylic acids is 2. The van der Waals surface area contributed by atoms with Crippen molar-refractivity contribution in [3.8, 4) is 16.2 Å². The van der Waals surface area contributed by atoms with Crippen molar-refractivity contribution in [2.75, 3.05) is 19.0 Å². The number of esters is 1. The van der Waals surface area contributed by atoms with Gasteiger partial charge in [0, 0.05) is 10.9 Å². The molecule has 0 atom stereocenters. The number of benzene rings is 2. The predicted molar refractivity (Wildman–Crippen MR) is 107 cm³/mol. The van der Waals surface area contributed by atoms with Crippen molar-refractivity contribution in [1.82, 2.24) is 0 Å². The Balaban J connectivity index is 1.95. The highest BCUT2D eigenvalue weighted by Crippen LogP contribution is 2.37. The molecule has 150 valence electrons. The summed E-state index contributed by atoms with van der Waals surface area (Å²) in [7, 11) is 1.08. The topological polar surface area (TPSA) is 64.6 Å². The minimum Gasteiger partial charge on any atom is -0.492 e. The van der Waals surface area contributed by atoms with Crippen LogP contribution in [0.2, 0.25) is 0 Å². The van der Waals surface area contributed by atoms with Gasteiger partial charge in [0.2, 0.25) is 0 Å². The summed E-state index contributed by atoms with van der Waals surface area (Å²) in [6.07, 6.45) is 0. The first kappa shape index (κ1) is 20.5. The molecule has 1 heterocycles. The highest BCUT2D eigenvalue weighted by molar-refractivity contribution is 7.17. The second-order valence-electron chi connectivity index (χ2n) is 5.86. The molecule has 29 heavy (non-hydrogen) atoms. The minimum atomic E-state index is -1.08. The Morgan fingerprint density at radius 2 is 1.79 bits per heavy atom. The van der Waals surface area contributed by atoms with Crippen LogP contribution in [-0.4, -0.2) is 25.6 Å². The van der Waals surface area contributed by atoms with E-state index >= 15 is 0 Å². The molecule has 0 aliphatic heterocycles. The molecule has 0 bridgehead atoms. The minimum absolute atomic E-state index is 0.231. The molecule has 2 aromatic carbocycles. The summed E-state index contributed by atoms with van der Waals surface area (Å²) in [6, 6.07) is 12.6. The molecule has 0 saturated carbocycles. The Morgan fingerprint density at radius 3 is 2.45 bits per heavy atom. The van der Waals surface area contributed by atoms with Gasteiger partial charge in [0.1, 0.15) is 22.3 Å². The van der Waals surface area contributed by atoms with E-state index < -0.39 is 29.1 Å². The van der Waals surface area contributed by atoms with Gasteiger partial charge in [0.05, 0.1) is 25.0 Å². The molecule has 1 aromatic heterocycles. The fraction of sp³-hybridized carbons (Fsp3) is 0.143. The molecule has 0 saturated heterocycles. The fourth-order valence-corrected chi connectivity index (χ4v) is 3.63. The fourth-order valence-electron chi connectivity index (χ4n) is 2.63. The molecule has 0 aliphatic rings. The van der Waals surface area contributed by atoms with Gasteiger partial charge in [-0.2, -0.15) is 0 Å². The second kappa shape index (κ2) is 8.83. The highest BCUT2D eigenvalue weighted by atomic mass is 32.1. The number of hydrogen-bond acceptors (Lipinski definition) is 5. The molecule has 1 amide bonds. The maximum absolute atomic E-state index is 14.2. The van der Waals surface area contributed by atoms with Crippen molar-refractivity contribution in [3.63, 3.8) is 0 Å². The summed E-state index contributed by atoms with van der Waals surface area (Å²) in [6.45, 7) is 2.12. The van der Waals surface area contributed by atoms with E-state index in [9.17, 15) is 18.4 Å². The van der Waals surface area contributed by atoms with Gasteiger partial charge in [-0.3, -0.25) is 4.79 Å². The van der Waals surface area contributed by atoms with Crippen LogP contribution < -0.4 is 10.1 Å². The maximum atomic E-state index is 14.2. The first-order chi connectivity index (χ1) is 13.9. The normalized spacial score (nSPS) is 10.5. The van der Waals surface area contributed by atoms with Crippen LogP contribution in [0.25, 0.3) is 10.4 Å². The number of carbonyl (C=O) groups is 2. The van der Waals surface area contributed by atoms with E-state index in [1.807, 2.05) is 30.3 Å². The summed E-state index contributed by atoms with van der Waals surface area (Å²) in [4.78, 5) is 25.5. The van der Waals surface area contributed by atoms with Gasteiger partial charge >= 0.3 is 5.97 Å². The third-order valence-corrected chi connectivity index (χ3v) is 5.14. The lowest BCUT2D eigenvalue weighted by Gasteiger charge is -2.09.